The number of nitrogens with one attached hydrogen (secondary N) is 1. The lowest BCUT2D eigenvalue weighted by Gasteiger charge is -2.22. The smallest absolute Gasteiger partial charge is 0.107 e. The largest absolute Gasteiger partial charge is 0.349 e. The van der Waals surface area contributed by atoms with E-state index in [2.05, 4.69) is 30.7 Å². The molecule has 13 heavy (non-hydrogen) atoms. The molecule has 0 aliphatic heterocycles. The summed E-state index contributed by atoms with van der Waals surface area (Å²) < 4.78 is 0. The van der Waals surface area contributed by atoms with Crippen molar-refractivity contribution in [3.63, 3.8) is 0 Å². The van der Waals surface area contributed by atoms with Crippen LogP contribution in [0.3, 0.4) is 0 Å². The fourth-order valence-corrected chi connectivity index (χ4v) is 1.31. The second kappa shape index (κ2) is 4.42. The van der Waals surface area contributed by atoms with Crippen molar-refractivity contribution in [2.45, 2.75) is 33.2 Å². The van der Waals surface area contributed by atoms with Crippen molar-refractivity contribution in [2.75, 3.05) is 0 Å². The molecule has 0 aliphatic carbocycles. The standard InChI is InChI=1S/C10H19N3/c1-7(2)8(3)9(11)6-10-12-4-5-13-10/h4-5,7-9H,6,11H2,1-3H3,(H,12,13). The van der Waals surface area contributed by atoms with Gasteiger partial charge in [0.05, 0.1) is 0 Å². The molecule has 0 aromatic carbocycles. The number of hydrogen-bond acceptors (Lipinski definition) is 2. The van der Waals surface area contributed by atoms with E-state index in [-0.39, 0.29) is 6.04 Å². The van der Waals surface area contributed by atoms with E-state index >= 15 is 0 Å². The Labute approximate surface area is 79.8 Å². The zero-order valence-corrected chi connectivity index (χ0v) is 8.62. The van der Waals surface area contributed by atoms with E-state index in [0.29, 0.717) is 11.8 Å². The lowest BCUT2D eigenvalue weighted by molar-refractivity contribution is 0.341. The van der Waals surface area contributed by atoms with Crippen LogP contribution in [0.1, 0.15) is 26.6 Å². The van der Waals surface area contributed by atoms with Crippen LogP contribution in [-0.4, -0.2) is 16.0 Å². The average Bonchev–Trinajstić information content (AvgIpc) is 2.55. The maximum absolute atomic E-state index is 6.05. The number of nitrogens with zero attached hydrogens (tertiary/aromatic N) is 1. The molecule has 2 unspecified atom stereocenters. The third-order valence-corrected chi connectivity index (χ3v) is 2.71. The summed E-state index contributed by atoms with van der Waals surface area (Å²) >= 11 is 0. The first-order valence-electron chi connectivity index (χ1n) is 4.85. The minimum absolute atomic E-state index is 0.200. The molecule has 0 aliphatic rings. The molecule has 1 rings (SSSR count). The molecule has 2 atom stereocenters. The summed E-state index contributed by atoms with van der Waals surface area (Å²) in [5.41, 5.74) is 6.05. The van der Waals surface area contributed by atoms with Gasteiger partial charge in [-0.15, -0.1) is 0 Å². The summed E-state index contributed by atoms with van der Waals surface area (Å²) in [5, 5.41) is 0. The summed E-state index contributed by atoms with van der Waals surface area (Å²) in [6.45, 7) is 6.59. The zero-order chi connectivity index (χ0) is 9.84. The summed E-state index contributed by atoms with van der Waals surface area (Å²) in [6.07, 6.45) is 4.44. The Balaban J connectivity index is 2.45. The molecule has 0 radical (unpaired) electrons. The van der Waals surface area contributed by atoms with E-state index in [1.54, 1.807) is 6.20 Å². The number of nitrogens with two attached hydrogens (primary N) is 1. The average molecular weight is 181 g/mol. The Hall–Kier alpha value is -0.830. The van der Waals surface area contributed by atoms with Crippen molar-refractivity contribution >= 4 is 0 Å². The van der Waals surface area contributed by atoms with Gasteiger partial charge in [-0.2, -0.15) is 0 Å². The highest BCUT2D eigenvalue weighted by Gasteiger charge is 2.17. The van der Waals surface area contributed by atoms with E-state index in [4.69, 9.17) is 5.73 Å². The van der Waals surface area contributed by atoms with Crippen LogP contribution in [0, 0.1) is 11.8 Å². The number of imidazole rings is 1. The fraction of sp³-hybridized carbons (Fsp3) is 0.700. The van der Waals surface area contributed by atoms with Gasteiger partial charge in [0.15, 0.2) is 0 Å². The van der Waals surface area contributed by atoms with Gasteiger partial charge in [-0.05, 0) is 11.8 Å². The van der Waals surface area contributed by atoms with Crippen LogP contribution < -0.4 is 5.73 Å². The van der Waals surface area contributed by atoms with Crippen molar-refractivity contribution in [3.05, 3.63) is 18.2 Å². The van der Waals surface area contributed by atoms with Crippen molar-refractivity contribution in [1.29, 1.82) is 0 Å². The summed E-state index contributed by atoms with van der Waals surface area (Å²) in [5.74, 6) is 2.15. The molecule has 0 saturated heterocycles. The fourth-order valence-electron chi connectivity index (χ4n) is 1.31. The van der Waals surface area contributed by atoms with Gasteiger partial charge in [0.2, 0.25) is 0 Å². The molecule has 0 amide bonds. The first kappa shape index (κ1) is 10.3. The molecule has 1 aromatic heterocycles. The molecular weight excluding hydrogens is 162 g/mol. The number of H-pyrrole nitrogens is 1. The minimum Gasteiger partial charge on any atom is -0.349 e. The molecule has 1 aromatic rings. The van der Waals surface area contributed by atoms with Gasteiger partial charge in [0.1, 0.15) is 5.82 Å². The predicted molar refractivity (Wildman–Crippen MR) is 54.3 cm³/mol. The molecule has 0 bridgehead atoms. The van der Waals surface area contributed by atoms with Gasteiger partial charge in [0.25, 0.3) is 0 Å². The summed E-state index contributed by atoms with van der Waals surface area (Å²) in [6, 6.07) is 0.200. The maximum Gasteiger partial charge on any atom is 0.107 e. The van der Waals surface area contributed by atoms with Crippen LogP contribution >= 0.6 is 0 Å². The van der Waals surface area contributed by atoms with Gasteiger partial charge in [-0.1, -0.05) is 20.8 Å². The molecule has 0 spiro atoms. The Bertz CT molecular complexity index is 228. The third-order valence-electron chi connectivity index (χ3n) is 2.71. The highest BCUT2D eigenvalue weighted by Crippen LogP contribution is 2.14. The number of aromatic amines is 1. The molecular formula is C10H19N3. The van der Waals surface area contributed by atoms with Gasteiger partial charge >= 0.3 is 0 Å². The predicted octanol–water partition coefficient (Wildman–Crippen LogP) is 1.57. The summed E-state index contributed by atoms with van der Waals surface area (Å²) in [7, 11) is 0. The van der Waals surface area contributed by atoms with E-state index < -0.39 is 0 Å². The molecule has 3 heteroatoms. The van der Waals surface area contributed by atoms with Gasteiger partial charge in [0, 0.05) is 24.9 Å². The van der Waals surface area contributed by atoms with Crippen LogP contribution in [0.5, 0.6) is 0 Å². The van der Waals surface area contributed by atoms with Gasteiger partial charge in [-0.25, -0.2) is 4.98 Å². The van der Waals surface area contributed by atoms with Crippen LogP contribution in [0.25, 0.3) is 0 Å². The van der Waals surface area contributed by atoms with Crippen LogP contribution in [0.15, 0.2) is 12.4 Å². The summed E-state index contributed by atoms with van der Waals surface area (Å²) in [4.78, 5) is 7.23. The molecule has 74 valence electrons. The van der Waals surface area contributed by atoms with Crippen LogP contribution in [0.2, 0.25) is 0 Å². The topological polar surface area (TPSA) is 54.7 Å². The first-order chi connectivity index (χ1) is 6.11. The first-order valence-corrected chi connectivity index (χ1v) is 4.85. The lowest BCUT2D eigenvalue weighted by atomic mass is 9.89. The third kappa shape index (κ3) is 2.84. The molecule has 3 N–H and O–H groups in total. The van der Waals surface area contributed by atoms with E-state index in [9.17, 15) is 0 Å². The van der Waals surface area contributed by atoms with Crippen molar-refractivity contribution in [2.24, 2.45) is 17.6 Å². The SMILES string of the molecule is CC(C)C(C)C(N)Cc1ncc[nH]1. The molecule has 3 nitrogen and oxygen atoms in total. The second-order valence-electron chi connectivity index (χ2n) is 4.01. The van der Waals surface area contributed by atoms with Crippen molar-refractivity contribution in [1.82, 2.24) is 9.97 Å². The highest BCUT2D eigenvalue weighted by molar-refractivity contribution is 4.91. The van der Waals surface area contributed by atoms with Gasteiger partial charge < -0.3 is 10.7 Å². The molecule has 0 saturated carbocycles. The van der Waals surface area contributed by atoms with Crippen molar-refractivity contribution in [3.8, 4) is 0 Å². The van der Waals surface area contributed by atoms with Crippen molar-refractivity contribution < 1.29 is 0 Å². The Morgan fingerprint density at radius 1 is 1.46 bits per heavy atom. The van der Waals surface area contributed by atoms with Gasteiger partial charge in [-0.3, -0.25) is 0 Å². The van der Waals surface area contributed by atoms with Crippen LogP contribution in [0.4, 0.5) is 0 Å². The Morgan fingerprint density at radius 2 is 2.15 bits per heavy atom. The minimum atomic E-state index is 0.200. The number of aromatic nitrogens is 2. The quantitative estimate of drug-likeness (QED) is 0.740. The van der Waals surface area contributed by atoms with Crippen LogP contribution in [-0.2, 0) is 6.42 Å². The normalized spacial score (nSPS) is 16.1. The van der Waals surface area contributed by atoms with E-state index in [1.165, 1.54) is 0 Å². The van der Waals surface area contributed by atoms with E-state index in [1.807, 2.05) is 6.20 Å². The zero-order valence-electron chi connectivity index (χ0n) is 8.62. The highest BCUT2D eigenvalue weighted by atomic mass is 14.9. The number of rotatable bonds is 4. The maximum atomic E-state index is 6.05. The Morgan fingerprint density at radius 3 is 2.62 bits per heavy atom. The second-order valence-corrected chi connectivity index (χ2v) is 4.01. The molecule has 0 fully saturated rings. The lowest BCUT2D eigenvalue weighted by Crippen LogP contribution is -2.33. The van der Waals surface area contributed by atoms with E-state index in [0.717, 1.165) is 12.2 Å². The molecule has 1 heterocycles. The Kier molecular flexibility index (Phi) is 3.48. The number of hydrogen-bond donors (Lipinski definition) is 2. The monoisotopic (exact) mass is 181 g/mol.